The Morgan fingerprint density at radius 1 is 1.48 bits per heavy atom. The van der Waals surface area contributed by atoms with Gasteiger partial charge in [-0.25, -0.2) is 4.98 Å². The summed E-state index contributed by atoms with van der Waals surface area (Å²) < 4.78 is 7.10. The molecule has 23 heavy (non-hydrogen) atoms. The zero-order valence-corrected chi connectivity index (χ0v) is 13.9. The van der Waals surface area contributed by atoms with Crippen molar-refractivity contribution in [1.82, 2.24) is 29.9 Å². The smallest absolute Gasteiger partial charge is 0.272 e. The molecule has 8 nitrogen and oxygen atoms in total. The zero-order valence-electron chi connectivity index (χ0n) is 13.9. The maximum Gasteiger partial charge on any atom is 0.272 e. The number of amides is 1. The summed E-state index contributed by atoms with van der Waals surface area (Å²) in [5, 5.41) is 11.2. The number of ether oxygens (including phenoxy) is 1. The maximum atomic E-state index is 13.0. The fourth-order valence-electron chi connectivity index (χ4n) is 2.95. The molecule has 1 amide bonds. The minimum absolute atomic E-state index is 0.00755. The number of carbonyl (C=O) groups is 1. The topological polar surface area (TPSA) is 88.9 Å². The summed E-state index contributed by atoms with van der Waals surface area (Å²) in [5.41, 5.74) is 1.49. The van der Waals surface area contributed by atoms with Crippen molar-refractivity contribution in [3.63, 3.8) is 0 Å². The van der Waals surface area contributed by atoms with Crippen LogP contribution < -0.4 is 0 Å². The second-order valence-electron chi connectivity index (χ2n) is 6.17. The minimum Gasteiger partial charge on any atom is -0.380 e. The highest BCUT2D eigenvalue weighted by Crippen LogP contribution is 2.32. The summed E-state index contributed by atoms with van der Waals surface area (Å²) in [4.78, 5) is 19.0. The summed E-state index contributed by atoms with van der Waals surface area (Å²) in [5.74, 6) is 0.898. The van der Waals surface area contributed by atoms with Crippen molar-refractivity contribution < 1.29 is 9.53 Å². The van der Waals surface area contributed by atoms with E-state index in [0.29, 0.717) is 24.5 Å². The molecule has 2 aromatic rings. The number of rotatable bonds is 4. The van der Waals surface area contributed by atoms with Crippen molar-refractivity contribution in [3.05, 3.63) is 29.6 Å². The van der Waals surface area contributed by atoms with Crippen molar-refractivity contribution in [2.24, 2.45) is 7.05 Å². The van der Waals surface area contributed by atoms with E-state index in [1.807, 2.05) is 6.07 Å². The Kier molecular flexibility index (Phi) is 4.16. The van der Waals surface area contributed by atoms with Gasteiger partial charge in [-0.1, -0.05) is 13.8 Å². The third-order valence-corrected chi connectivity index (χ3v) is 4.32. The van der Waals surface area contributed by atoms with Crippen LogP contribution in [0.4, 0.5) is 0 Å². The SMILES string of the molecule is CO[C@@H]1C[C@@H](c2ncn[nH]2)N(C(=O)c2cc(C(C)C)nn2C)C1. The van der Waals surface area contributed by atoms with Gasteiger partial charge in [0.05, 0.1) is 17.8 Å². The first-order chi connectivity index (χ1) is 11.0. The lowest BCUT2D eigenvalue weighted by atomic mass is 10.1. The number of hydrogen-bond donors (Lipinski definition) is 1. The Morgan fingerprint density at radius 3 is 2.83 bits per heavy atom. The van der Waals surface area contributed by atoms with Crippen LogP contribution in [-0.4, -0.2) is 55.5 Å². The Hall–Kier alpha value is -2.22. The number of nitrogens with zero attached hydrogens (tertiary/aromatic N) is 5. The average molecular weight is 318 g/mol. The molecule has 1 saturated heterocycles. The quantitative estimate of drug-likeness (QED) is 0.917. The van der Waals surface area contributed by atoms with Crippen LogP contribution in [0.1, 0.15) is 54.2 Å². The van der Waals surface area contributed by atoms with Crippen LogP contribution in [0.2, 0.25) is 0 Å². The van der Waals surface area contributed by atoms with Crippen LogP contribution in [0, 0.1) is 0 Å². The predicted octanol–water partition coefficient (Wildman–Crippen LogP) is 1.26. The summed E-state index contributed by atoms with van der Waals surface area (Å²) >= 11 is 0. The van der Waals surface area contributed by atoms with Gasteiger partial charge in [0.1, 0.15) is 17.8 Å². The average Bonchev–Trinajstić information content (AvgIpc) is 3.24. The number of aromatic nitrogens is 5. The lowest BCUT2D eigenvalue weighted by Crippen LogP contribution is -2.33. The van der Waals surface area contributed by atoms with Gasteiger partial charge in [0, 0.05) is 27.1 Å². The summed E-state index contributed by atoms with van der Waals surface area (Å²) in [6.07, 6.45) is 2.15. The molecule has 2 aromatic heterocycles. The van der Waals surface area contributed by atoms with Crippen molar-refractivity contribution in [2.75, 3.05) is 13.7 Å². The molecule has 0 aromatic carbocycles. The fraction of sp³-hybridized carbons (Fsp3) is 0.600. The molecule has 0 spiro atoms. The second kappa shape index (κ2) is 6.11. The fourth-order valence-corrected chi connectivity index (χ4v) is 2.95. The van der Waals surface area contributed by atoms with Crippen LogP contribution in [0.25, 0.3) is 0 Å². The van der Waals surface area contributed by atoms with Crippen LogP contribution in [-0.2, 0) is 11.8 Å². The van der Waals surface area contributed by atoms with Gasteiger partial charge in [0.15, 0.2) is 0 Å². The molecule has 3 rings (SSSR count). The zero-order chi connectivity index (χ0) is 16.6. The first-order valence-electron chi connectivity index (χ1n) is 7.74. The van der Waals surface area contributed by atoms with Gasteiger partial charge in [0.25, 0.3) is 5.91 Å². The second-order valence-corrected chi connectivity index (χ2v) is 6.17. The molecule has 3 heterocycles. The van der Waals surface area contributed by atoms with Gasteiger partial charge in [-0.2, -0.15) is 10.2 Å². The van der Waals surface area contributed by atoms with Gasteiger partial charge in [-0.05, 0) is 12.0 Å². The number of nitrogens with one attached hydrogen (secondary N) is 1. The van der Waals surface area contributed by atoms with E-state index in [1.165, 1.54) is 6.33 Å². The van der Waals surface area contributed by atoms with E-state index in [9.17, 15) is 4.79 Å². The van der Waals surface area contributed by atoms with Crippen LogP contribution in [0.15, 0.2) is 12.4 Å². The van der Waals surface area contributed by atoms with Gasteiger partial charge in [-0.15, -0.1) is 0 Å². The van der Waals surface area contributed by atoms with E-state index in [4.69, 9.17) is 4.74 Å². The number of methoxy groups -OCH3 is 1. The standard InChI is InChI=1S/C15H22N6O2/c1-9(2)11-6-13(20(3)19-11)15(22)21-7-10(23-4)5-12(21)14-16-8-17-18-14/h6,8-10,12H,5,7H2,1-4H3,(H,16,17,18)/t10-,12+/m1/s1. The molecule has 2 atom stereocenters. The van der Waals surface area contributed by atoms with E-state index >= 15 is 0 Å². The number of carbonyl (C=O) groups excluding carboxylic acids is 1. The van der Waals surface area contributed by atoms with Crippen LogP contribution >= 0.6 is 0 Å². The molecule has 0 bridgehead atoms. The normalized spacial score (nSPS) is 21.3. The van der Waals surface area contributed by atoms with Crippen molar-refractivity contribution in [2.45, 2.75) is 38.3 Å². The molecular weight excluding hydrogens is 296 g/mol. The van der Waals surface area contributed by atoms with E-state index in [1.54, 1.807) is 23.7 Å². The first-order valence-corrected chi connectivity index (χ1v) is 7.74. The Bertz CT molecular complexity index is 678. The molecule has 1 aliphatic rings. The summed E-state index contributed by atoms with van der Waals surface area (Å²) in [7, 11) is 3.46. The molecule has 1 aliphatic heterocycles. The van der Waals surface area contributed by atoms with Gasteiger partial charge in [-0.3, -0.25) is 14.6 Å². The van der Waals surface area contributed by atoms with E-state index < -0.39 is 0 Å². The Labute approximate surface area is 134 Å². The number of likely N-dealkylation sites (tertiary alicyclic amines) is 1. The highest BCUT2D eigenvalue weighted by Gasteiger charge is 2.39. The molecule has 0 saturated carbocycles. The Morgan fingerprint density at radius 2 is 2.26 bits per heavy atom. The van der Waals surface area contributed by atoms with Crippen LogP contribution in [0.3, 0.4) is 0 Å². The first kappa shape index (κ1) is 15.7. The van der Waals surface area contributed by atoms with Crippen molar-refractivity contribution in [1.29, 1.82) is 0 Å². The number of aromatic amines is 1. The summed E-state index contributed by atoms with van der Waals surface area (Å²) in [6, 6.07) is 1.71. The monoisotopic (exact) mass is 318 g/mol. The van der Waals surface area contributed by atoms with E-state index in [-0.39, 0.29) is 24.0 Å². The van der Waals surface area contributed by atoms with Gasteiger partial charge >= 0.3 is 0 Å². The molecule has 0 unspecified atom stereocenters. The minimum atomic E-state index is -0.160. The predicted molar refractivity (Wildman–Crippen MR) is 82.9 cm³/mol. The highest BCUT2D eigenvalue weighted by atomic mass is 16.5. The van der Waals surface area contributed by atoms with Gasteiger partial charge in [0.2, 0.25) is 0 Å². The largest absolute Gasteiger partial charge is 0.380 e. The van der Waals surface area contributed by atoms with Gasteiger partial charge < -0.3 is 9.64 Å². The molecule has 0 aliphatic carbocycles. The van der Waals surface area contributed by atoms with E-state index in [2.05, 4.69) is 34.1 Å². The number of H-pyrrole nitrogens is 1. The molecule has 0 radical (unpaired) electrons. The molecule has 124 valence electrons. The molecule has 8 heteroatoms. The van der Waals surface area contributed by atoms with E-state index in [0.717, 1.165) is 5.69 Å². The molecule has 1 fully saturated rings. The van der Waals surface area contributed by atoms with Crippen molar-refractivity contribution >= 4 is 5.91 Å². The lowest BCUT2D eigenvalue weighted by molar-refractivity contribution is 0.0674. The third kappa shape index (κ3) is 2.86. The number of aryl methyl sites for hydroxylation is 1. The summed E-state index contributed by atoms with van der Waals surface area (Å²) in [6.45, 7) is 4.65. The Balaban J connectivity index is 1.90. The molecule has 1 N–H and O–H groups in total. The molecular formula is C15H22N6O2. The van der Waals surface area contributed by atoms with Crippen LogP contribution in [0.5, 0.6) is 0 Å². The highest BCUT2D eigenvalue weighted by molar-refractivity contribution is 5.93. The maximum absolute atomic E-state index is 13.0. The third-order valence-electron chi connectivity index (χ3n) is 4.32. The lowest BCUT2D eigenvalue weighted by Gasteiger charge is -2.22. The number of hydrogen-bond acceptors (Lipinski definition) is 5. The van der Waals surface area contributed by atoms with Crippen molar-refractivity contribution in [3.8, 4) is 0 Å².